The van der Waals surface area contributed by atoms with Crippen LogP contribution in [-0.4, -0.2) is 12.5 Å². The van der Waals surface area contributed by atoms with Crippen LogP contribution in [0.2, 0.25) is 0 Å². The summed E-state index contributed by atoms with van der Waals surface area (Å²) in [6.45, 7) is 11.3. The van der Waals surface area contributed by atoms with Gasteiger partial charge in [0.05, 0.1) is 6.61 Å². The normalized spacial score (nSPS) is 31.0. The van der Waals surface area contributed by atoms with Crippen molar-refractivity contribution in [3.8, 4) is 0 Å². The molecule has 1 fully saturated rings. The van der Waals surface area contributed by atoms with Gasteiger partial charge in [-0.25, -0.2) is 5.48 Å². The lowest BCUT2D eigenvalue weighted by Gasteiger charge is -2.34. The number of carbonyl (C=O) groups is 1. The van der Waals surface area contributed by atoms with Crippen molar-refractivity contribution in [3.63, 3.8) is 0 Å². The van der Waals surface area contributed by atoms with E-state index in [0.717, 1.165) is 12.8 Å². The van der Waals surface area contributed by atoms with Crippen molar-refractivity contribution < 1.29 is 9.63 Å². The smallest absolute Gasteiger partial charge is 0.246 e. The van der Waals surface area contributed by atoms with Crippen molar-refractivity contribution >= 4 is 5.91 Å². The van der Waals surface area contributed by atoms with Crippen LogP contribution in [0.5, 0.6) is 0 Å². The fourth-order valence-corrected chi connectivity index (χ4v) is 2.74. The minimum atomic E-state index is 0.000718. The molecule has 88 valence electrons. The molecule has 3 nitrogen and oxygen atoms in total. The molecule has 1 unspecified atom stereocenters. The summed E-state index contributed by atoms with van der Waals surface area (Å²) in [6, 6.07) is 0. The Kier molecular flexibility index (Phi) is 3.44. The van der Waals surface area contributed by atoms with E-state index in [0.29, 0.717) is 6.61 Å². The van der Waals surface area contributed by atoms with Crippen molar-refractivity contribution in [2.75, 3.05) is 6.61 Å². The molecule has 0 bridgehead atoms. The zero-order chi connectivity index (χ0) is 11.7. The van der Waals surface area contributed by atoms with Gasteiger partial charge in [-0.15, -0.1) is 0 Å². The number of nitrogens with one attached hydrogen (secondary N) is 1. The average molecular weight is 213 g/mol. The highest BCUT2D eigenvalue weighted by Gasteiger charge is 2.33. The fraction of sp³-hybridized carbons (Fsp3) is 0.917. The van der Waals surface area contributed by atoms with Gasteiger partial charge in [0.15, 0.2) is 0 Å². The highest BCUT2D eigenvalue weighted by Crippen LogP contribution is 2.39. The Morgan fingerprint density at radius 1 is 1.27 bits per heavy atom. The monoisotopic (exact) mass is 213 g/mol. The Balaban J connectivity index is 2.80. The van der Waals surface area contributed by atoms with E-state index in [1.54, 1.807) is 0 Å². The van der Waals surface area contributed by atoms with E-state index in [1.807, 2.05) is 6.92 Å². The Hall–Kier alpha value is -0.570. The van der Waals surface area contributed by atoms with Crippen LogP contribution in [0.25, 0.3) is 0 Å². The van der Waals surface area contributed by atoms with Gasteiger partial charge in [0.1, 0.15) is 0 Å². The van der Waals surface area contributed by atoms with Crippen LogP contribution in [0, 0.1) is 16.7 Å². The van der Waals surface area contributed by atoms with Crippen molar-refractivity contribution in [2.24, 2.45) is 16.7 Å². The van der Waals surface area contributed by atoms with Crippen molar-refractivity contribution in [2.45, 2.75) is 47.5 Å². The molecule has 0 aliphatic carbocycles. The molecule has 0 saturated carbocycles. The van der Waals surface area contributed by atoms with Crippen LogP contribution in [0.15, 0.2) is 0 Å². The van der Waals surface area contributed by atoms with Gasteiger partial charge in [0, 0.05) is 5.92 Å². The van der Waals surface area contributed by atoms with Crippen LogP contribution in [-0.2, 0) is 9.63 Å². The molecule has 1 rings (SSSR count). The third-order valence-electron chi connectivity index (χ3n) is 2.90. The lowest BCUT2D eigenvalue weighted by molar-refractivity contribution is -0.139. The summed E-state index contributed by atoms with van der Waals surface area (Å²) in [5.74, 6) is 0.0228. The van der Waals surface area contributed by atoms with Crippen molar-refractivity contribution in [1.82, 2.24) is 5.48 Å². The van der Waals surface area contributed by atoms with Gasteiger partial charge in [-0.2, -0.15) is 0 Å². The number of hydrogen-bond acceptors (Lipinski definition) is 2. The van der Waals surface area contributed by atoms with Crippen LogP contribution in [0.4, 0.5) is 0 Å². The van der Waals surface area contributed by atoms with Gasteiger partial charge in [0.25, 0.3) is 0 Å². The highest BCUT2D eigenvalue weighted by atomic mass is 16.7. The number of hydrogen-bond donors (Lipinski definition) is 1. The number of hydroxylamine groups is 1. The van der Waals surface area contributed by atoms with E-state index in [1.165, 1.54) is 0 Å². The fourth-order valence-electron chi connectivity index (χ4n) is 2.74. The first-order chi connectivity index (χ1) is 6.72. The summed E-state index contributed by atoms with van der Waals surface area (Å²) in [5, 5.41) is 0. The molecule has 1 N–H and O–H groups in total. The van der Waals surface area contributed by atoms with Gasteiger partial charge in [-0.1, -0.05) is 34.6 Å². The predicted molar refractivity (Wildman–Crippen MR) is 60.1 cm³/mol. The second kappa shape index (κ2) is 4.12. The van der Waals surface area contributed by atoms with E-state index in [9.17, 15) is 4.79 Å². The summed E-state index contributed by atoms with van der Waals surface area (Å²) >= 11 is 0. The Morgan fingerprint density at radius 3 is 2.47 bits per heavy atom. The summed E-state index contributed by atoms with van der Waals surface area (Å²) in [7, 11) is 0. The molecule has 1 aliphatic heterocycles. The van der Waals surface area contributed by atoms with Crippen LogP contribution < -0.4 is 5.48 Å². The van der Waals surface area contributed by atoms with Crippen molar-refractivity contribution in [1.29, 1.82) is 0 Å². The Bertz CT molecular complexity index is 246. The SMILES string of the molecule is CC1CC(C)(C)CC(C)(C)CONC1=O. The second-order valence-corrected chi connectivity index (χ2v) is 6.37. The Morgan fingerprint density at radius 2 is 1.87 bits per heavy atom. The third kappa shape index (κ3) is 3.82. The van der Waals surface area contributed by atoms with E-state index in [-0.39, 0.29) is 22.7 Å². The first-order valence-corrected chi connectivity index (χ1v) is 5.64. The second-order valence-electron chi connectivity index (χ2n) is 6.37. The van der Waals surface area contributed by atoms with Crippen LogP contribution >= 0.6 is 0 Å². The number of amides is 1. The molecular formula is C12H23NO2. The van der Waals surface area contributed by atoms with Gasteiger partial charge in [0.2, 0.25) is 5.91 Å². The zero-order valence-corrected chi connectivity index (χ0v) is 10.5. The molecule has 1 aliphatic rings. The molecule has 1 saturated heterocycles. The summed E-state index contributed by atoms with van der Waals surface area (Å²) < 4.78 is 0. The lowest BCUT2D eigenvalue weighted by Crippen LogP contribution is -2.31. The maximum Gasteiger partial charge on any atom is 0.246 e. The van der Waals surface area contributed by atoms with Gasteiger partial charge in [-0.3, -0.25) is 9.63 Å². The quantitative estimate of drug-likeness (QED) is 0.671. The molecule has 0 aromatic heterocycles. The summed E-state index contributed by atoms with van der Waals surface area (Å²) in [6.07, 6.45) is 1.98. The molecular weight excluding hydrogens is 190 g/mol. The molecule has 3 heteroatoms. The predicted octanol–water partition coefficient (Wildman–Crippen LogP) is 2.52. The van der Waals surface area contributed by atoms with Crippen molar-refractivity contribution in [3.05, 3.63) is 0 Å². The topological polar surface area (TPSA) is 38.3 Å². The van der Waals surface area contributed by atoms with Gasteiger partial charge >= 0.3 is 0 Å². The highest BCUT2D eigenvalue weighted by molar-refractivity contribution is 5.77. The molecule has 1 amide bonds. The van der Waals surface area contributed by atoms with Gasteiger partial charge < -0.3 is 0 Å². The zero-order valence-electron chi connectivity index (χ0n) is 10.5. The summed E-state index contributed by atoms with van der Waals surface area (Å²) in [5.41, 5.74) is 2.83. The third-order valence-corrected chi connectivity index (χ3v) is 2.90. The minimum absolute atomic E-state index is 0.000718. The van der Waals surface area contributed by atoms with E-state index < -0.39 is 0 Å². The summed E-state index contributed by atoms with van der Waals surface area (Å²) in [4.78, 5) is 16.8. The van der Waals surface area contributed by atoms with E-state index in [4.69, 9.17) is 4.84 Å². The largest absolute Gasteiger partial charge is 0.273 e. The van der Waals surface area contributed by atoms with Crippen LogP contribution in [0.1, 0.15) is 47.5 Å². The first-order valence-electron chi connectivity index (χ1n) is 5.64. The average Bonchev–Trinajstić information content (AvgIpc) is 2.01. The molecule has 0 radical (unpaired) electrons. The molecule has 0 spiro atoms. The van der Waals surface area contributed by atoms with E-state index >= 15 is 0 Å². The maximum absolute atomic E-state index is 11.6. The maximum atomic E-state index is 11.6. The van der Waals surface area contributed by atoms with E-state index in [2.05, 4.69) is 33.2 Å². The molecule has 15 heavy (non-hydrogen) atoms. The number of carbonyl (C=O) groups excluding carboxylic acids is 1. The molecule has 0 aromatic carbocycles. The first kappa shape index (κ1) is 12.5. The minimum Gasteiger partial charge on any atom is -0.273 e. The van der Waals surface area contributed by atoms with Gasteiger partial charge in [-0.05, 0) is 23.7 Å². The lowest BCUT2D eigenvalue weighted by atomic mass is 9.71. The van der Waals surface area contributed by atoms with Crippen LogP contribution in [0.3, 0.4) is 0 Å². The standard InChI is InChI=1S/C12H23NO2/c1-9-6-11(2,3)7-12(4,5)8-15-13-10(9)14/h9H,6-8H2,1-5H3,(H,13,14). The molecule has 1 heterocycles. The Labute approximate surface area is 92.5 Å². The number of rotatable bonds is 0. The molecule has 1 atom stereocenters. The molecule has 0 aromatic rings.